The molecule has 0 saturated carbocycles. The molecule has 0 fully saturated rings. The van der Waals surface area contributed by atoms with Gasteiger partial charge in [0.15, 0.2) is 0 Å². The Bertz CT molecular complexity index is 360. The molecule has 1 aromatic carbocycles. The predicted octanol–water partition coefficient (Wildman–Crippen LogP) is 3.78. The van der Waals surface area contributed by atoms with Crippen LogP contribution in [0.4, 0.5) is 0 Å². The molecule has 0 heterocycles. The van der Waals surface area contributed by atoms with Gasteiger partial charge in [0.1, 0.15) is 0 Å². The summed E-state index contributed by atoms with van der Waals surface area (Å²) in [5.41, 5.74) is 4.71. The number of hydrogen-bond acceptors (Lipinski definition) is 1. The quantitative estimate of drug-likeness (QED) is 0.712. The van der Waals surface area contributed by atoms with Crippen molar-refractivity contribution in [3.05, 3.63) is 54.1 Å². The Kier molecular flexibility index (Phi) is 4.84. The summed E-state index contributed by atoms with van der Waals surface area (Å²) in [6.45, 7) is 13.0. The molecule has 16 heavy (non-hydrogen) atoms. The minimum atomic E-state index is 0.906. The van der Waals surface area contributed by atoms with Crippen LogP contribution in [0, 0.1) is 0 Å². The Hall–Kier alpha value is -1.50. The third-order valence-electron chi connectivity index (χ3n) is 2.60. The summed E-state index contributed by atoms with van der Waals surface area (Å²) >= 11 is 0. The Morgan fingerprint density at radius 1 is 1.19 bits per heavy atom. The second-order valence-electron chi connectivity index (χ2n) is 4.16. The molecule has 0 spiro atoms. The molecule has 1 aromatic rings. The highest BCUT2D eigenvalue weighted by Gasteiger charge is 1.98. The molecule has 0 aliphatic rings. The van der Waals surface area contributed by atoms with Crippen molar-refractivity contribution in [2.75, 3.05) is 6.54 Å². The third kappa shape index (κ3) is 3.93. The number of rotatable bonds is 6. The van der Waals surface area contributed by atoms with Gasteiger partial charge in [-0.3, -0.25) is 0 Å². The van der Waals surface area contributed by atoms with E-state index >= 15 is 0 Å². The molecule has 0 aliphatic carbocycles. The molecule has 86 valence electrons. The highest BCUT2D eigenvalue weighted by atomic mass is 14.9. The van der Waals surface area contributed by atoms with E-state index in [2.05, 4.69) is 49.7 Å². The van der Waals surface area contributed by atoms with Gasteiger partial charge in [0.25, 0.3) is 0 Å². The fraction of sp³-hybridized carbons (Fsp3) is 0.333. The van der Waals surface area contributed by atoms with Crippen LogP contribution in [-0.2, 0) is 6.42 Å². The second kappa shape index (κ2) is 6.16. The molecular formula is C15H21N. The van der Waals surface area contributed by atoms with E-state index in [1.165, 1.54) is 16.7 Å². The fourth-order valence-electron chi connectivity index (χ4n) is 1.47. The Labute approximate surface area is 98.9 Å². The van der Waals surface area contributed by atoms with Crippen LogP contribution in [0.25, 0.3) is 5.70 Å². The van der Waals surface area contributed by atoms with Crippen LogP contribution in [0.5, 0.6) is 0 Å². The minimum Gasteiger partial charge on any atom is -0.385 e. The van der Waals surface area contributed by atoms with Gasteiger partial charge in [0.05, 0.1) is 0 Å². The number of nitrogens with one attached hydrogen (secondary N) is 1. The van der Waals surface area contributed by atoms with E-state index in [0.717, 1.165) is 25.1 Å². The molecule has 1 nitrogen and oxygen atoms in total. The number of aryl methyl sites for hydroxylation is 1. The third-order valence-corrected chi connectivity index (χ3v) is 2.60. The zero-order valence-electron chi connectivity index (χ0n) is 10.3. The zero-order valence-corrected chi connectivity index (χ0v) is 10.3. The van der Waals surface area contributed by atoms with E-state index in [9.17, 15) is 0 Å². The average Bonchev–Trinajstić information content (AvgIpc) is 2.28. The fourth-order valence-corrected chi connectivity index (χ4v) is 1.47. The summed E-state index contributed by atoms with van der Waals surface area (Å²) in [5.74, 6) is 0. The molecule has 0 saturated heterocycles. The van der Waals surface area contributed by atoms with Crippen molar-refractivity contribution in [1.29, 1.82) is 0 Å². The lowest BCUT2D eigenvalue weighted by molar-refractivity contribution is 0.842. The van der Waals surface area contributed by atoms with E-state index in [1.807, 2.05) is 6.92 Å². The standard InChI is InChI=1S/C15H21N/c1-5-14-6-8-15(9-7-14)13(4)16-11-10-12(2)3/h6-9,16H,2,4-5,10-11H2,1,3H3. The lowest BCUT2D eigenvalue weighted by Gasteiger charge is -2.10. The molecule has 0 unspecified atom stereocenters. The van der Waals surface area contributed by atoms with E-state index in [4.69, 9.17) is 0 Å². The van der Waals surface area contributed by atoms with Gasteiger partial charge in [-0.2, -0.15) is 0 Å². The molecule has 0 radical (unpaired) electrons. The summed E-state index contributed by atoms with van der Waals surface area (Å²) < 4.78 is 0. The van der Waals surface area contributed by atoms with Crippen LogP contribution >= 0.6 is 0 Å². The first-order valence-electron chi connectivity index (χ1n) is 5.80. The minimum absolute atomic E-state index is 0.906. The van der Waals surface area contributed by atoms with Gasteiger partial charge in [-0.15, -0.1) is 6.58 Å². The number of hydrogen-bond donors (Lipinski definition) is 1. The smallest absolute Gasteiger partial charge is 0.0340 e. The second-order valence-corrected chi connectivity index (χ2v) is 4.16. The maximum Gasteiger partial charge on any atom is 0.0340 e. The van der Waals surface area contributed by atoms with Crippen molar-refractivity contribution in [2.45, 2.75) is 26.7 Å². The molecular weight excluding hydrogens is 194 g/mol. The molecule has 1 N–H and O–H groups in total. The first-order chi connectivity index (χ1) is 7.63. The molecule has 0 aromatic heterocycles. The van der Waals surface area contributed by atoms with Crippen LogP contribution in [0.15, 0.2) is 43.0 Å². The summed E-state index contributed by atoms with van der Waals surface area (Å²) in [4.78, 5) is 0. The Morgan fingerprint density at radius 3 is 2.31 bits per heavy atom. The summed E-state index contributed by atoms with van der Waals surface area (Å²) in [7, 11) is 0. The van der Waals surface area contributed by atoms with Gasteiger partial charge in [-0.1, -0.05) is 43.3 Å². The van der Waals surface area contributed by atoms with Crippen LogP contribution < -0.4 is 5.32 Å². The first kappa shape index (κ1) is 12.6. The molecule has 0 atom stereocenters. The van der Waals surface area contributed by atoms with Crippen molar-refractivity contribution in [2.24, 2.45) is 0 Å². The topological polar surface area (TPSA) is 12.0 Å². The van der Waals surface area contributed by atoms with Gasteiger partial charge in [-0.25, -0.2) is 0 Å². The van der Waals surface area contributed by atoms with E-state index in [-0.39, 0.29) is 0 Å². The van der Waals surface area contributed by atoms with Crippen molar-refractivity contribution < 1.29 is 0 Å². The maximum absolute atomic E-state index is 4.04. The lowest BCUT2D eigenvalue weighted by Crippen LogP contribution is -2.13. The van der Waals surface area contributed by atoms with Gasteiger partial charge in [0.2, 0.25) is 0 Å². The van der Waals surface area contributed by atoms with Gasteiger partial charge in [0, 0.05) is 12.2 Å². The van der Waals surface area contributed by atoms with Crippen LogP contribution in [0.3, 0.4) is 0 Å². The molecule has 0 bridgehead atoms. The molecule has 0 amide bonds. The van der Waals surface area contributed by atoms with Crippen LogP contribution in [0.1, 0.15) is 31.4 Å². The summed E-state index contributed by atoms with van der Waals surface area (Å²) in [6.07, 6.45) is 2.07. The summed E-state index contributed by atoms with van der Waals surface area (Å²) in [5, 5.41) is 3.31. The zero-order chi connectivity index (χ0) is 12.0. The lowest BCUT2D eigenvalue weighted by atomic mass is 10.1. The number of benzene rings is 1. The largest absolute Gasteiger partial charge is 0.385 e. The SMILES string of the molecule is C=C(C)CCNC(=C)c1ccc(CC)cc1. The van der Waals surface area contributed by atoms with Crippen molar-refractivity contribution in [1.82, 2.24) is 5.32 Å². The van der Waals surface area contributed by atoms with Crippen molar-refractivity contribution in [3.63, 3.8) is 0 Å². The van der Waals surface area contributed by atoms with Crippen LogP contribution in [-0.4, -0.2) is 6.54 Å². The van der Waals surface area contributed by atoms with E-state index in [0.29, 0.717) is 0 Å². The maximum atomic E-state index is 4.04. The van der Waals surface area contributed by atoms with E-state index < -0.39 is 0 Å². The average molecular weight is 215 g/mol. The highest BCUT2D eigenvalue weighted by molar-refractivity contribution is 5.61. The van der Waals surface area contributed by atoms with Crippen molar-refractivity contribution >= 4 is 5.70 Å². The van der Waals surface area contributed by atoms with Gasteiger partial charge < -0.3 is 5.32 Å². The molecule has 0 aliphatic heterocycles. The Balaban J connectivity index is 2.49. The Morgan fingerprint density at radius 2 is 1.81 bits per heavy atom. The molecule has 1 rings (SSSR count). The van der Waals surface area contributed by atoms with Gasteiger partial charge >= 0.3 is 0 Å². The van der Waals surface area contributed by atoms with Crippen molar-refractivity contribution in [3.8, 4) is 0 Å². The summed E-state index contributed by atoms with van der Waals surface area (Å²) in [6, 6.07) is 8.55. The van der Waals surface area contributed by atoms with Crippen LogP contribution in [0.2, 0.25) is 0 Å². The van der Waals surface area contributed by atoms with Gasteiger partial charge in [-0.05, 0) is 30.9 Å². The predicted molar refractivity (Wildman–Crippen MR) is 72.3 cm³/mol. The first-order valence-corrected chi connectivity index (χ1v) is 5.80. The highest BCUT2D eigenvalue weighted by Crippen LogP contribution is 2.11. The monoisotopic (exact) mass is 215 g/mol. The molecule has 1 heteroatoms. The normalized spacial score (nSPS) is 9.88. The van der Waals surface area contributed by atoms with E-state index in [1.54, 1.807) is 0 Å².